The van der Waals surface area contributed by atoms with Crippen molar-refractivity contribution in [3.63, 3.8) is 0 Å². The maximum absolute atomic E-state index is 14.0. The fourth-order valence-electron chi connectivity index (χ4n) is 4.88. The van der Waals surface area contributed by atoms with E-state index in [1.807, 2.05) is 20.8 Å². The van der Waals surface area contributed by atoms with Crippen LogP contribution in [0.5, 0.6) is 0 Å². The second-order valence-electron chi connectivity index (χ2n) is 16.5. The maximum atomic E-state index is 14.0. The summed E-state index contributed by atoms with van der Waals surface area (Å²) in [6, 6.07) is -0.981. The van der Waals surface area contributed by atoms with Gasteiger partial charge in [-0.05, 0) is 19.3 Å². The van der Waals surface area contributed by atoms with Gasteiger partial charge in [0.1, 0.15) is 6.04 Å². The van der Waals surface area contributed by atoms with Crippen LogP contribution in [0, 0.1) is 22.7 Å². The second-order valence-corrected chi connectivity index (χ2v) is 16.5. The molecule has 322 valence electrons. The molecule has 0 saturated carbocycles. The van der Waals surface area contributed by atoms with Gasteiger partial charge in [-0.25, -0.2) is 0 Å². The topological polar surface area (TPSA) is 235 Å². The molecular formula is C39H72N8O9. The zero-order chi connectivity index (χ0) is 43.1. The molecule has 0 aliphatic carbocycles. The van der Waals surface area contributed by atoms with Crippen LogP contribution in [-0.4, -0.2) is 134 Å². The van der Waals surface area contributed by atoms with Crippen molar-refractivity contribution in [3.05, 3.63) is 0 Å². The van der Waals surface area contributed by atoms with Crippen LogP contribution in [0.15, 0.2) is 0 Å². The van der Waals surface area contributed by atoms with Gasteiger partial charge in [-0.2, -0.15) is 0 Å². The molecule has 0 bridgehead atoms. The van der Waals surface area contributed by atoms with E-state index in [4.69, 9.17) is 0 Å². The Kier molecular flexibility index (Phi) is 24.5. The highest BCUT2D eigenvalue weighted by atomic mass is 16.3. The molecule has 0 heterocycles. The second kappa shape index (κ2) is 26.6. The summed E-state index contributed by atoms with van der Waals surface area (Å²) in [7, 11) is 0. The van der Waals surface area contributed by atoms with Crippen molar-refractivity contribution in [2.24, 2.45) is 22.7 Å². The van der Waals surface area contributed by atoms with E-state index >= 15 is 0 Å². The normalized spacial score (nSPS) is 12.0. The number of aliphatic hydroxyl groups excluding tert-OH is 1. The minimum Gasteiger partial charge on any atom is -0.396 e. The van der Waals surface area contributed by atoms with Crippen LogP contribution in [0.2, 0.25) is 0 Å². The number of unbranched alkanes of at least 4 members (excludes halogenated alkanes) is 1. The maximum Gasteiger partial charge on any atom is 0.245 e. The molecule has 0 fully saturated rings. The SMILES string of the molecule is CC(C)C(=O)NCCN(CCNC(=O)CCC(=O)NC(CCCCNC(=O)C(C)(C)C)C(=O)N(CCNC(=O)C(C)C)CCNC(=O)C(C)(C)C)C(=O)CCO. The smallest absolute Gasteiger partial charge is 0.245 e. The quantitative estimate of drug-likeness (QED) is 0.0601. The first kappa shape index (κ1) is 51.7. The van der Waals surface area contributed by atoms with Gasteiger partial charge >= 0.3 is 0 Å². The highest BCUT2D eigenvalue weighted by Crippen LogP contribution is 2.14. The Balaban J connectivity index is 5.65. The van der Waals surface area contributed by atoms with Crippen molar-refractivity contribution in [3.8, 4) is 0 Å². The Morgan fingerprint density at radius 3 is 1.43 bits per heavy atom. The third-order valence-electron chi connectivity index (χ3n) is 8.55. The van der Waals surface area contributed by atoms with Gasteiger partial charge in [0, 0.05) is 101 Å². The molecule has 0 aromatic heterocycles. The summed E-state index contributed by atoms with van der Waals surface area (Å²) in [6.45, 7) is 19.0. The lowest BCUT2D eigenvalue weighted by atomic mass is 9.95. The molecule has 0 aromatic carbocycles. The predicted octanol–water partition coefficient (Wildman–Crippen LogP) is 0.447. The Morgan fingerprint density at radius 2 is 0.964 bits per heavy atom. The minimum absolute atomic E-state index is 0.0800. The number of amides is 8. The van der Waals surface area contributed by atoms with Crippen LogP contribution >= 0.6 is 0 Å². The van der Waals surface area contributed by atoms with Crippen molar-refractivity contribution in [2.45, 2.75) is 114 Å². The van der Waals surface area contributed by atoms with E-state index in [2.05, 4.69) is 31.9 Å². The van der Waals surface area contributed by atoms with E-state index in [0.29, 0.717) is 19.4 Å². The molecule has 56 heavy (non-hydrogen) atoms. The number of carbonyl (C=O) groups is 8. The molecule has 0 rings (SSSR count). The molecule has 17 nitrogen and oxygen atoms in total. The van der Waals surface area contributed by atoms with Gasteiger partial charge in [-0.3, -0.25) is 38.4 Å². The zero-order valence-electron chi connectivity index (χ0n) is 35.7. The van der Waals surface area contributed by atoms with Gasteiger partial charge in [0.15, 0.2) is 0 Å². The van der Waals surface area contributed by atoms with Crippen LogP contribution in [0.4, 0.5) is 0 Å². The van der Waals surface area contributed by atoms with Crippen molar-refractivity contribution >= 4 is 47.3 Å². The van der Waals surface area contributed by atoms with Crippen molar-refractivity contribution < 1.29 is 43.5 Å². The molecule has 7 N–H and O–H groups in total. The molecule has 0 aliphatic heterocycles. The average Bonchev–Trinajstić information content (AvgIpc) is 3.10. The van der Waals surface area contributed by atoms with Gasteiger partial charge < -0.3 is 46.8 Å². The van der Waals surface area contributed by atoms with Crippen LogP contribution in [0.25, 0.3) is 0 Å². The molecule has 8 amide bonds. The lowest BCUT2D eigenvalue weighted by molar-refractivity contribution is -0.137. The summed E-state index contributed by atoms with van der Waals surface area (Å²) >= 11 is 0. The van der Waals surface area contributed by atoms with E-state index in [1.165, 1.54) is 9.80 Å². The van der Waals surface area contributed by atoms with Crippen molar-refractivity contribution in [1.29, 1.82) is 0 Å². The van der Waals surface area contributed by atoms with Gasteiger partial charge in [0.25, 0.3) is 0 Å². The molecular weight excluding hydrogens is 724 g/mol. The Morgan fingerprint density at radius 1 is 0.536 bits per heavy atom. The number of carbonyl (C=O) groups excluding carboxylic acids is 8. The van der Waals surface area contributed by atoms with Gasteiger partial charge in [-0.1, -0.05) is 69.2 Å². The molecule has 17 heteroatoms. The molecule has 1 atom stereocenters. The lowest BCUT2D eigenvalue weighted by Gasteiger charge is -2.29. The van der Waals surface area contributed by atoms with Crippen molar-refractivity contribution in [2.75, 3.05) is 65.5 Å². The van der Waals surface area contributed by atoms with E-state index in [9.17, 15) is 43.5 Å². The molecule has 0 aromatic rings. The minimum atomic E-state index is -0.981. The van der Waals surface area contributed by atoms with Crippen LogP contribution in [-0.2, 0) is 38.4 Å². The Bertz CT molecular complexity index is 1290. The lowest BCUT2D eigenvalue weighted by Crippen LogP contribution is -2.52. The third kappa shape index (κ3) is 22.9. The van der Waals surface area contributed by atoms with Crippen LogP contribution < -0.4 is 31.9 Å². The first-order valence-electron chi connectivity index (χ1n) is 19.9. The molecule has 1 unspecified atom stereocenters. The Labute approximate surface area is 334 Å². The first-order chi connectivity index (χ1) is 26.0. The number of rotatable bonds is 26. The fraction of sp³-hybridized carbons (Fsp3) is 0.795. The number of hydrogen-bond donors (Lipinski definition) is 7. The highest BCUT2D eigenvalue weighted by Gasteiger charge is 2.28. The number of aliphatic hydroxyl groups is 1. The van der Waals surface area contributed by atoms with Gasteiger partial charge in [-0.15, -0.1) is 0 Å². The molecule has 0 spiro atoms. The number of nitrogens with zero attached hydrogens (tertiary/aromatic N) is 2. The summed E-state index contributed by atoms with van der Waals surface area (Å²) in [4.78, 5) is 104. The highest BCUT2D eigenvalue weighted by molar-refractivity contribution is 5.89. The summed E-state index contributed by atoms with van der Waals surface area (Å²) in [5.74, 6) is -2.85. The van der Waals surface area contributed by atoms with E-state index in [1.54, 1.807) is 48.5 Å². The third-order valence-corrected chi connectivity index (χ3v) is 8.55. The van der Waals surface area contributed by atoms with E-state index in [-0.39, 0.29) is 126 Å². The molecule has 0 aliphatic rings. The van der Waals surface area contributed by atoms with Crippen LogP contribution in [0.1, 0.15) is 108 Å². The van der Waals surface area contributed by atoms with Crippen molar-refractivity contribution in [1.82, 2.24) is 41.7 Å². The van der Waals surface area contributed by atoms with E-state index < -0.39 is 34.6 Å². The monoisotopic (exact) mass is 797 g/mol. The predicted molar refractivity (Wildman–Crippen MR) is 214 cm³/mol. The standard InChI is InChI=1S/C39H72N8O9/c1-27(2)33(52)41-19-23-46(32(51)16-26-48)22-18-40-30(49)14-15-31(50)45-29(13-11-12-17-43-36(55)38(5,6)7)35(54)47(24-20-42-34(53)28(3)4)25-21-44-37(56)39(8,9)10/h27-29,48H,11-26H2,1-10H3,(H,40,49)(H,41,52)(H,42,53)(H,43,55)(H,44,56)(H,45,50). The summed E-state index contributed by atoms with van der Waals surface area (Å²) in [6.07, 6.45) is 0.737. The summed E-state index contributed by atoms with van der Waals surface area (Å²) in [5.41, 5.74) is -1.20. The summed E-state index contributed by atoms with van der Waals surface area (Å²) in [5, 5.41) is 25.9. The zero-order valence-corrected chi connectivity index (χ0v) is 35.7. The average molecular weight is 797 g/mol. The molecule has 0 radical (unpaired) electrons. The number of nitrogens with one attached hydrogen (secondary N) is 6. The van der Waals surface area contributed by atoms with Gasteiger partial charge in [0.05, 0.1) is 6.61 Å². The summed E-state index contributed by atoms with van der Waals surface area (Å²) < 4.78 is 0. The fourth-order valence-corrected chi connectivity index (χ4v) is 4.88. The Hall–Kier alpha value is -4.28. The van der Waals surface area contributed by atoms with Crippen LogP contribution in [0.3, 0.4) is 0 Å². The largest absolute Gasteiger partial charge is 0.396 e. The van der Waals surface area contributed by atoms with E-state index in [0.717, 1.165) is 0 Å². The first-order valence-corrected chi connectivity index (χ1v) is 19.9. The number of hydrogen-bond acceptors (Lipinski definition) is 9. The molecule has 0 saturated heterocycles. The van der Waals surface area contributed by atoms with Gasteiger partial charge in [0.2, 0.25) is 47.3 Å².